The van der Waals surface area contributed by atoms with Gasteiger partial charge in [-0.05, 0) is 77.0 Å². The molecule has 0 aliphatic rings. The Bertz CT molecular complexity index is 1300. The Morgan fingerprint density at radius 3 is 0.744 bits per heavy atom. The van der Waals surface area contributed by atoms with Gasteiger partial charge in [0.15, 0.2) is 6.10 Å². The van der Waals surface area contributed by atoms with E-state index in [1.807, 2.05) is 0 Å². The summed E-state index contributed by atoms with van der Waals surface area (Å²) in [5.41, 5.74) is 0. The zero-order valence-electron chi connectivity index (χ0n) is 52.7. The Hall–Kier alpha value is -2.37. The number of carbonyl (C=O) groups excluding carboxylic acids is 3. The molecule has 0 N–H and O–H groups in total. The molecule has 0 aromatic heterocycles. The molecule has 0 radical (unpaired) electrons. The van der Waals surface area contributed by atoms with Gasteiger partial charge in [-0.25, -0.2) is 0 Å². The number of hydrogen-bond acceptors (Lipinski definition) is 6. The highest BCUT2D eigenvalue weighted by molar-refractivity contribution is 5.71. The number of carbonyl (C=O) groups is 3. The normalized spacial score (nSPS) is 12.2. The molecule has 1 atom stereocenters. The van der Waals surface area contributed by atoms with Crippen LogP contribution in [-0.4, -0.2) is 37.2 Å². The van der Waals surface area contributed by atoms with Gasteiger partial charge < -0.3 is 14.2 Å². The highest BCUT2D eigenvalue weighted by Gasteiger charge is 2.19. The molecule has 458 valence electrons. The largest absolute Gasteiger partial charge is 0.462 e. The van der Waals surface area contributed by atoms with Crippen molar-refractivity contribution in [3.8, 4) is 0 Å². The summed E-state index contributed by atoms with van der Waals surface area (Å²) in [6, 6.07) is 0. The minimum atomic E-state index is -0.773. The van der Waals surface area contributed by atoms with Gasteiger partial charge in [0.25, 0.3) is 0 Å². The number of rotatable bonds is 65. The maximum Gasteiger partial charge on any atom is 0.306 e. The third-order valence-corrected chi connectivity index (χ3v) is 15.9. The highest BCUT2D eigenvalue weighted by atomic mass is 16.6. The Balaban J connectivity index is 4.12. The number of ether oxygens (including phenoxy) is 3. The topological polar surface area (TPSA) is 78.9 Å². The van der Waals surface area contributed by atoms with E-state index < -0.39 is 6.10 Å². The molecule has 0 saturated heterocycles. The van der Waals surface area contributed by atoms with Gasteiger partial charge in [0, 0.05) is 19.3 Å². The highest BCUT2D eigenvalue weighted by Crippen LogP contribution is 2.18. The molecule has 0 rings (SSSR count). The van der Waals surface area contributed by atoms with E-state index >= 15 is 0 Å². The van der Waals surface area contributed by atoms with Crippen molar-refractivity contribution in [1.29, 1.82) is 0 Å². The Kier molecular flexibility index (Phi) is 65.1. The molecule has 1 unspecified atom stereocenters. The second kappa shape index (κ2) is 67.1. The van der Waals surface area contributed by atoms with Crippen LogP contribution in [0.15, 0.2) is 36.5 Å². The summed E-state index contributed by atoms with van der Waals surface area (Å²) in [4.78, 5) is 38.3. The fraction of sp³-hybridized carbons (Fsp3) is 0.875. The van der Waals surface area contributed by atoms with Crippen LogP contribution < -0.4 is 0 Å². The van der Waals surface area contributed by atoms with Crippen molar-refractivity contribution in [2.45, 2.75) is 393 Å². The monoisotopic (exact) mass is 1100 g/mol. The first-order chi connectivity index (χ1) is 38.5. The quantitative estimate of drug-likeness (QED) is 0.0261. The van der Waals surface area contributed by atoms with Crippen molar-refractivity contribution in [2.24, 2.45) is 0 Å². The van der Waals surface area contributed by atoms with E-state index in [1.165, 1.54) is 276 Å². The molecular weight excluding hydrogens is 961 g/mol. The van der Waals surface area contributed by atoms with E-state index in [2.05, 4.69) is 57.2 Å². The Morgan fingerprint density at radius 2 is 0.462 bits per heavy atom. The van der Waals surface area contributed by atoms with Crippen LogP contribution in [0.5, 0.6) is 0 Å². The Morgan fingerprint density at radius 1 is 0.256 bits per heavy atom. The van der Waals surface area contributed by atoms with Gasteiger partial charge in [0.2, 0.25) is 0 Å². The van der Waals surface area contributed by atoms with E-state index in [4.69, 9.17) is 14.2 Å². The van der Waals surface area contributed by atoms with Crippen molar-refractivity contribution < 1.29 is 28.6 Å². The van der Waals surface area contributed by atoms with Crippen molar-refractivity contribution in [3.63, 3.8) is 0 Å². The van der Waals surface area contributed by atoms with Gasteiger partial charge in [-0.2, -0.15) is 0 Å². The standard InChI is InChI=1S/C72H134O6/c1-4-7-10-13-16-19-22-25-27-29-30-31-32-33-34-35-36-37-38-39-40-41-42-44-45-47-50-53-56-59-62-65-71(74)77-68-69(67-76-70(73)64-61-58-55-52-49-24-21-18-15-12-9-6-3)78-72(75)66-63-60-57-54-51-48-46-43-28-26-23-20-17-14-11-8-5-2/h17,20,26,28-30,69H,4-16,18-19,21-25,27,31-68H2,1-3H3/b20-17-,28-26-,30-29-. The van der Waals surface area contributed by atoms with Gasteiger partial charge in [-0.3, -0.25) is 14.4 Å². The van der Waals surface area contributed by atoms with Gasteiger partial charge in [-0.1, -0.05) is 327 Å². The fourth-order valence-electron chi connectivity index (χ4n) is 10.6. The van der Waals surface area contributed by atoms with Crippen LogP contribution in [-0.2, 0) is 28.6 Å². The van der Waals surface area contributed by atoms with Crippen LogP contribution >= 0.6 is 0 Å². The van der Waals surface area contributed by atoms with Crippen molar-refractivity contribution in [3.05, 3.63) is 36.5 Å². The van der Waals surface area contributed by atoms with Gasteiger partial charge >= 0.3 is 17.9 Å². The number of hydrogen-bond donors (Lipinski definition) is 0. The molecule has 6 heteroatoms. The third kappa shape index (κ3) is 64.5. The first kappa shape index (κ1) is 75.6. The van der Waals surface area contributed by atoms with Crippen LogP contribution in [0.25, 0.3) is 0 Å². The summed E-state index contributed by atoms with van der Waals surface area (Å²) in [7, 11) is 0. The maximum atomic E-state index is 12.9. The van der Waals surface area contributed by atoms with E-state index in [0.717, 1.165) is 70.6 Å². The predicted molar refractivity (Wildman–Crippen MR) is 339 cm³/mol. The lowest BCUT2D eigenvalue weighted by molar-refractivity contribution is -0.167. The van der Waals surface area contributed by atoms with Gasteiger partial charge in [0.05, 0.1) is 0 Å². The molecule has 0 spiro atoms. The first-order valence-corrected chi connectivity index (χ1v) is 35.0. The van der Waals surface area contributed by atoms with E-state index in [-0.39, 0.29) is 31.1 Å². The summed E-state index contributed by atoms with van der Waals surface area (Å²) < 4.78 is 16.9. The maximum absolute atomic E-state index is 12.9. The van der Waals surface area contributed by atoms with Crippen LogP contribution in [0.4, 0.5) is 0 Å². The summed E-state index contributed by atoms with van der Waals surface area (Å²) in [5, 5.41) is 0. The smallest absolute Gasteiger partial charge is 0.306 e. The molecule has 0 heterocycles. The molecule has 0 aromatic carbocycles. The van der Waals surface area contributed by atoms with E-state index in [1.54, 1.807) is 0 Å². The molecule has 6 nitrogen and oxygen atoms in total. The number of esters is 3. The number of allylic oxidation sites excluding steroid dienone is 6. The molecule has 78 heavy (non-hydrogen) atoms. The van der Waals surface area contributed by atoms with Crippen molar-refractivity contribution >= 4 is 17.9 Å². The molecule has 0 aromatic rings. The SMILES string of the molecule is CCCCC/C=C\C/C=C\CCCCCCCCCC(=O)OC(COC(=O)CCCCCCCCCCCCCC)COC(=O)CCCCCCCCCCCCCCCCCCCCC/C=C\CCCCCCCCCC. The summed E-state index contributed by atoms with van der Waals surface area (Å²) in [5.74, 6) is -0.852. The minimum absolute atomic E-state index is 0.0700. The summed E-state index contributed by atoms with van der Waals surface area (Å²) >= 11 is 0. The fourth-order valence-corrected chi connectivity index (χ4v) is 10.6. The average Bonchev–Trinajstić information content (AvgIpc) is 3.44. The number of unbranched alkanes of at least 4 members (excludes halogenated alkanes) is 48. The van der Waals surface area contributed by atoms with Crippen LogP contribution in [0.1, 0.15) is 387 Å². The molecule has 0 bridgehead atoms. The van der Waals surface area contributed by atoms with Crippen LogP contribution in [0.2, 0.25) is 0 Å². The van der Waals surface area contributed by atoms with E-state index in [0.29, 0.717) is 19.3 Å². The van der Waals surface area contributed by atoms with Gasteiger partial charge in [0.1, 0.15) is 13.2 Å². The van der Waals surface area contributed by atoms with Crippen molar-refractivity contribution in [2.75, 3.05) is 13.2 Å². The summed E-state index contributed by atoms with van der Waals surface area (Å²) in [6.07, 6.45) is 83.2. The third-order valence-electron chi connectivity index (χ3n) is 15.9. The predicted octanol–water partition coefficient (Wildman–Crippen LogP) is 23.9. The molecule has 0 aliphatic carbocycles. The van der Waals surface area contributed by atoms with Crippen LogP contribution in [0.3, 0.4) is 0 Å². The molecular formula is C72H134O6. The molecule has 0 amide bonds. The van der Waals surface area contributed by atoms with Gasteiger partial charge in [-0.15, -0.1) is 0 Å². The average molecular weight is 1100 g/mol. The Labute approximate surface area is 486 Å². The van der Waals surface area contributed by atoms with Crippen molar-refractivity contribution in [1.82, 2.24) is 0 Å². The second-order valence-corrected chi connectivity index (χ2v) is 23.8. The van der Waals surface area contributed by atoms with Crippen LogP contribution in [0, 0.1) is 0 Å². The zero-order valence-corrected chi connectivity index (χ0v) is 52.7. The lowest BCUT2D eigenvalue weighted by atomic mass is 10.0. The van der Waals surface area contributed by atoms with E-state index in [9.17, 15) is 14.4 Å². The molecule has 0 fully saturated rings. The minimum Gasteiger partial charge on any atom is -0.462 e. The lowest BCUT2D eigenvalue weighted by Crippen LogP contribution is -2.30. The lowest BCUT2D eigenvalue weighted by Gasteiger charge is -2.18. The molecule has 0 aliphatic heterocycles. The second-order valence-electron chi connectivity index (χ2n) is 23.8. The molecule has 0 saturated carbocycles. The first-order valence-electron chi connectivity index (χ1n) is 35.0. The zero-order chi connectivity index (χ0) is 56.4. The summed E-state index contributed by atoms with van der Waals surface area (Å²) in [6.45, 7) is 6.67.